The first-order valence-corrected chi connectivity index (χ1v) is 10.6. The zero-order valence-corrected chi connectivity index (χ0v) is 17.7. The summed E-state index contributed by atoms with van der Waals surface area (Å²) in [6.45, 7) is 1.37. The van der Waals surface area contributed by atoms with Crippen LogP contribution in [0.4, 0.5) is 5.69 Å². The Morgan fingerprint density at radius 1 is 1.14 bits per heavy atom. The number of methoxy groups -OCH3 is 2. The molecule has 2 aromatic rings. The second-order valence-corrected chi connectivity index (χ2v) is 8.46. The number of carbonyl (C=O) groups is 1. The molecule has 28 heavy (non-hydrogen) atoms. The van der Waals surface area contributed by atoms with E-state index < -0.39 is 22.5 Å². The van der Waals surface area contributed by atoms with Gasteiger partial charge in [-0.15, -0.1) is 0 Å². The van der Waals surface area contributed by atoms with Crippen LogP contribution in [-0.2, 0) is 14.8 Å². The summed E-state index contributed by atoms with van der Waals surface area (Å²) in [5.41, 5.74) is 0.974. The van der Waals surface area contributed by atoms with Gasteiger partial charge in [-0.3, -0.25) is 9.10 Å². The SMILES string of the molecule is COc1ccccc1C(C)NC(=O)CN(c1cc(Cl)ccc1OC)S(C)(=O)=O. The summed E-state index contributed by atoms with van der Waals surface area (Å²) in [6, 6.07) is 11.5. The third-order valence-corrected chi connectivity index (χ3v) is 5.44. The molecule has 0 aliphatic rings. The Morgan fingerprint density at radius 3 is 2.39 bits per heavy atom. The Labute approximate surface area is 170 Å². The highest BCUT2D eigenvalue weighted by Crippen LogP contribution is 2.32. The van der Waals surface area contributed by atoms with Gasteiger partial charge in [-0.25, -0.2) is 8.42 Å². The minimum Gasteiger partial charge on any atom is -0.496 e. The lowest BCUT2D eigenvalue weighted by molar-refractivity contribution is -0.120. The molecule has 2 rings (SSSR count). The third-order valence-electron chi connectivity index (χ3n) is 4.08. The van der Waals surface area contributed by atoms with Gasteiger partial charge in [-0.2, -0.15) is 0 Å². The van der Waals surface area contributed by atoms with E-state index in [0.29, 0.717) is 16.5 Å². The number of hydrogen-bond donors (Lipinski definition) is 1. The lowest BCUT2D eigenvalue weighted by Crippen LogP contribution is -2.41. The molecule has 0 heterocycles. The molecule has 0 saturated heterocycles. The Morgan fingerprint density at radius 2 is 1.79 bits per heavy atom. The molecular formula is C19H23ClN2O5S. The van der Waals surface area contributed by atoms with Gasteiger partial charge in [-0.05, 0) is 31.2 Å². The Kier molecular flexibility index (Phi) is 7.15. The van der Waals surface area contributed by atoms with Crippen LogP contribution in [0, 0.1) is 0 Å². The predicted molar refractivity (Wildman–Crippen MR) is 110 cm³/mol. The number of hydrogen-bond acceptors (Lipinski definition) is 5. The number of halogens is 1. The number of amides is 1. The normalized spacial score (nSPS) is 12.2. The molecule has 1 N–H and O–H groups in total. The maximum atomic E-state index is 12.6. The van der Waals surface area contributed by atoms with Gasteiger partial charge in [0.2, 0.25) is 15.9 Å². The second-order valence-electron chi connectivity index (χ2n) is 6.12. The van der Waals surface area contributed by atoms with Crippen LogP contribution in [0.2, 0.25) is 5.02 Å². The van der Waals surface area contributed by atoms with E-state index in [2.05, 4.69) is 5.32 Å². The van der Waals surface area contributed by atoms with Crippen LogP contribution in [0.5, 0.6) is 11.5 Å². The number of ether oxygens (including phenoxy) is 2. The number of rotatable bonds is 8. The standard InChI is InChI=1S/C19H23ClN2O5S/c1-13(15-7-5-6-8-17(15)26-2)21-19(23)12-22(28(4,24)25)16-11-14(20)9-10-18(16)27-3/h5-11,13H,12H2,1-4H3,(H,21,23). The van der Waals surface area contributed by atoms with Gasteiger partial charge in [0.25, 0.3) is 0 Å². The van der Waals surface area contributed by atoms with Crippen LogP contribution in [0.15, 0.2) is 42.5 Å². The summed E-state index contributed by atoms with van der Waals surface area (Å²) in [6.07, 6.45) is 1.02. The van der Waals surface area contributed by atoms with Crippen molar-refractivity contribution in [3.05, 3.63) is 53.1 Å². The van der Waals surface area contributed by atoms with Crippen LogP contribution in [-0.4, -0.2) is 41.3 Å². The fraction of sp³-hybridized carbons (Fsp3) is 0.316. The second kappa shape index (κ2) is 9.16. The Hall–Kier alpha value is -2.45. The molecule has 0 saturated carbocycles. The molecule has 2 aromatic carbocycles. The van der Waals surface area contributed by atoms with Crippen LogP contribution in [0.25, 0.3) is 0 Å². The third kappa shape index (κ3) is 5.30. The minimum atomic E-state index is -3.77. The van der Waals surface area contributed by atoms with Crippen molar-refractivity contribution in [2.45, 2.75) is 13.0 Å². The topological polar surface area (TPSA) is 84.9 Å². The van der Waals surface area contributed by atoms with Crippen LogP contribution >= 0.6 is 11.6 Å². The first-order valence-electron chi connectivity index (χ1n) is 8.41. The van der Waals surface area contributed by atoms with Gasteiger partial charge in [-0.1, -0.05) is 29.8 Å². The average molecular weight is 427 g/mol. The van der Waals surface area contributed by atoms with E-state index in [1.165, 1.54) is 13.2 Å². The van der Waals surface area contributed by atoms with Crippen molar-refractivity contribution in [1.29, 1.82) is 0 Å². The van der Waals surface area contributed by atoms with Crippen molar-refractivity contribution in [2.24, 2.45) is 0 Å². The summed E-state index contributed by atoms with van der Waals surface area (Å²) in [4.78, 5) is 12.6. The van der Waals surface area contributed by atoms with E-state index in [0.717, 1.165) is 16.1 Å². The first kappa shape index (κ1) is 21.8. The lowest BCUT2D eigenvalue weighted by atomic mass is 10.1. The zero-order valence-electron chi connectivity index (χ0n) is 16.1. The Bertz CT molecular complexity index is 949. The molecule has 152 valence electrons. The molecular weight excluding hydrogens is 404 g/mol. The summed E-state index contributed by atoms with van der Waals surface area (Å²) in [5, 5.41) is 3.12. The van der Waals surface area contributed by atoms with Crippen LogP contribution in [0.1, 0.15) is 18.5 Å². The number of para-hydroxylation sites is 1. The maximum Gasteiger partial charge on any atom is 0.241 e. The highest BCUT2D eigenvalue weighted by Gasteiger charge is 2.25. The predicted octanol–water partition coefficient (Wildman–Crippen LogP) is 3.00. The summed E-state index contributed by atoms with van der Waals surface area (Å²) in [5.74, 6) is 0.443. The van der Waals surface area contributed by atoms with Gasteiger partial charge in [0.15, 0.2) is 0 Å². The molecule has 9 heteroatoms. The minimum absolute atomic E-state index is 0.192. The zero-order chi connectivity index (χ0) is 20.9. The largest absolute Gasteiger partial charge is 0.496 e. The van der Waals surface area contributed by atoms with E-state index >= 15 is 0 Å². The number of benzene rings is 2. The highest BCUT2D eigenvalue weighted by molar-refractivity contribution is 7.92. The number of anilines is 1. The quantitative estimate of drug-likeness (QED) is 0.701. The van der Waals surface area contributed by atoms with Crippen molar-refractivity contribution in [2.75, 3.05) is 31.3 Å². The van der Waals surface area contributed by atoms with E-state index in [-0.39, 0.29) is 11.7 Å². The molecule has 0 radical (unpaired) electrons. The van der Waals surface area contributed by atoms with Crippen molar-refractivity contribution >= 4 is 33.2 Å². The van der Waals surface area contributed by atoms with Crippen LogP contribution in [0.3, 0.4) is 0 Å². The maximum absolute atomic E-state index is 12.6. The first-order chi connectivity index (χ1) is 13.2. The number of nitrogens with zero attached hydrogens (tertiary/aromatic N) is 1. The average Bonchev–Trinajstić information content (AvgIpc) is 2.65. The lowest BCUT2D eigenvalue weighted by Gasteiger charge is -2.25. The molecule has 0 bridgehead atoms. The highest BCUT2D eigenvalue weighted by atomic mass is 35.5. The van der Waals surface area contributed by atoms with Crippen molar-refractivity contribution in [1.82, 2.24) is 5.32 Å². The van der Waals surface area contributed by atoms with Gasteiger partial charge in [0, 0.05) is 10.6 Å². The number of carbonyl (C=O) groups excluding carboxylic acids is 1. The monoisotopic (exact) mass is 426 g/mol. The molecule has 1 amide bonds. The molecule has 7 nitrogen and oxygen atoms in total. The fourth-order valence-electron chi connectivity index (χ4n) is 2.76. The van der Waals surface area contributed by atoms with Gasteiger partial charge in [0.05, 0.1) is 32.2 Å². The summed E-state index contributed by atoms with van der Waals surface area (Å²) >= 11 is 6.01. The Balaban J connectivity index is 2.26. The van der Waals surface area contributed by atoms with Crippen molar-refractivity contribution in [3.63, 3.8) is 0 Å². The van der Waals surface area contributed by atoms with E-state index in [1.807, 2.05) is 18.2 Å². The van der Waals surface area contributed by atoms with E-state index in [1.54, 1.807) is 32.2 Å². The van der Waals surface area contributed by atoms with E-state index in [4.69, 9.17) is 21.1 Å². The van der Waals surface area contributed by atoms with Gasteiger partial charge < -0.3 is 14.8 Å². The molecule has 0 spiro atoms. The molecule has 0 aromatic heterocycles. The molecule has 1 unspecified atom stereocenters. The summed E-state index contributed by atoms with van der Waals surface area (Å²) in [7, 11) is -0.807. The van der Waals surface area contributed by atoms with Crippen LogP contribution < -0.4 is 19.1 Å². The molecule has 1 atom stereocenters. The smallest absolute Gasteiger partial charge is 0.241 e. The van der Waals surface area contributed by atoms with Gasteiger partial charge in [0.1, 0.15) is 18.0 Å². The molecule has 0 aliphatic heterocycles. The molecule has 0 fully saturated rings. The fourth-order valence-corrected chi connectivity index (χ4v) is 3.78. The molecule has 0 aliphatic carbocycles. The van der Waals surface area contributed by atoms with Crippen molar-refractivity contribution < 1.29 is 22.7 Å². The summed E-state index contributed by atoms with van der Waals surface area (Å²) < 4.78 is 36.2. The number of nitrogens with one attached hydrogen (secondary N) is 1. The van der Waals surface area contributed by atoms with E-state index in [9.17, 15) is 13.2 Å². The van der Waals surface area contributed by atoms with Gasteiger partial charge >= 0.3 is 0 Å². The van der Waals surface area contributed by atoms with Crippen molar-refractivity contribution in [3.8, 4) is 11.5 Å². The number of sulfonamides is 1.